The second-order valence-electron chi connectivity index (χ2n) is 6.36. The molecular formula is C16H22N4O2. The smallest absolute Gasteiger partial charge is 0.336 e. The molecule has 6 heteroatoms. The highest BCUT2D eigenvalue weighted by molar-refractivity contribution is 6.00. The van der Waals surface area contributed by atoms with E-state index in [4.69, 9.17) is 4.74 Å². The van der Waals surface area contributed by atoms with Crippen LogP contribution in [0.1, 0.15) is 46.7 Å². The largest absolute Gasteiger partial charge is 0.457 e. The molecule has 0 bridgehead atoms. The van der Waals surface area contributed by atoms with Gasteiger partial charge in [0.05, 0.1) is 17.0 Å². The molecule has 0 amide bonds. The zero-order valence-corrected chi connectivity index (χ0v) is 14.0. The van der Waals surface area contributed by atoms with Gasteiger partial charge in [0, 0.05) is 24.5 Å². The number of carbonyl (C=O) groups is 1. The topological polar surface area (TPSA) is 67.7 Å². The van der Waals surface area contributed by atoms with Gasteiger partial charge in [-0.25, -0.2) is 14.8 Å². The lowest BCUT2D eigenvalue weighted by Crippen LogP contribution is -2.31. The van der Waals surface area contributed by atoms with Gasteiger partial charge in [-0.3, -0.25) is 4.98 Å². The highest BCUT2D eigenvalue weighted by Gasteiger charge is 2.28. The number of hydrogen-bond donors (Lipinski definition) is 0. The minimum atomic E-state index is -0.528. The number of aryl methyl sites for hydroxylation is 1. The molecule has 1 aliphatic heterocycles. The van der Waals surface area contributed by atoms with Crippen LogP contribution in [0.3, 0.4) is 0 Å². The van der Waals surface area contributed by atoms with E-state index in [0.29, 0.717) is 17.8 Å². The lowest BCUT2D eigenvalue weighted by molar-refractivity contribution is -0.150. The summed E-state index contributed by atoms with van der Waals surface area (Å²) in [4.78, 5) is 21.0. The van der Waals surface area contributed by atoms with Crippen molar-refractivity contribution in [2.75, 3.05) is 5.01 Å². The Morgan fingerprint density at radius 3 is 2.41 bits per heavy atom. The third-order valence-corrected chi connectivity index (χ3v) is 3.16. The molecule has 0 unspecified atom stereocenters. The SMILES string of the molecule is CC1=NN(c2nccnc2C)C(C)=C(C(=O)OC(C)(C)C)C1. The summed E-state index contributed by atoms with van der Waals surface area (Å²) >= 11 is 0. The van der Waals surface area contributed by atoms with Crippen LogP contribution >= 0.6 is 0 Å². The van der Waals surface area contributed by atoms with Crippen molar-refractivity contribution in [2.24, 2.45) is 5.10 Å². The van der Waals surface area contributed by atoms with Crippen molar-refractivity contribution in [1.82, 2.24) is 9.97 Å². The van der Waals surface area contributed by atoms with Crippen molar-refractivity contribution in [2.45, 2.75) is 53.6 Å². The number of rotatable bonds is 2. The monoisotopic (exact) mass is 302 g/mol. The van der Waals surface area contributed by atoms with E-state index in [-0.39, 0.29) is 5.97 Å². The number of allylic oxidation sites excluding steroid dienone is 1. The van der Waals surface area contributed by atoms with Gasteiger partial charge in [0.15, 0.2) is 5.82 Å². The molecule has 2 heterocycles. The maximum absolute atomic E-state index is 12.4. The average Bonchev–Trinajstić information content (AvgIpc) is 2.40. The normalized spacial score (nSPS) is 15.7. The molecule has 22 heavy (non-hydrogen) atoms. The molecule has 6 nitrogen and oxygen atoms in total. The molecule has 1 aliphatic rings. The van der Waals surface area contributed by atoms with Crippen LogP contribution in [-0.2, 0) is 9.53 Å². The molecular weight excluding hydrogens is 280 g/mol. The van der Waals surface area contributed by atoms with Crippen LogP contribution in [0.2, 0.25) is 0 Å². The van der Waals surface area contributed by atoms with Crippen LogP contribution in [0.4, 0.5) is 5.82 Å². The van der Waals surface area contributed by atoms with Crippen LogP contribution in [0, 0.1) is 6.92 Å². The zero-order valence-electron chi connectivity index (χ0n) is 14.0. The fourth-order valence-electron chi connectivity index (χ4n) is 2.17. The Bertz CT molecular complexity index is 656. The van der Waals surface area contributed by atoms with E-state index in [1.165, 1.54) is 0 Å². The minimum absolute atomic E-state index is 0.314. The minimum Gasteiger partial charge on any atom is -0.457 e. The molecule has 0 saturated heterocycles. The van der Waals surface area contributed by atoms with Gasteiger partial charge in [-0.1, -0.05) is 0 Å². The highest BCUT2D eigenvalue weighted by atomic mass is 16.6. The van der Waals surface area contributed by atoms with E-state index in [0.717, 1.165) is 17.1 Å². The Kier molecular flexibility index (Phi) is 4.30. The Hall–Kier alpha value is -2.24. The predicted octanol–water partition coefficient (Wildman–Crippen LogP) is 2.99. The summed E-state index contributed by atoms with van der Waals surface area (Å²) in [6.07, 6.45) is 3.73. The second kappa shape index (κ2) is 5.87. The van der Waals surface area contributed by atoms with E-state index < -0.39 is 5.60 Å². The molecule has 0 spiro atoms. The summed E-state index contributed by atoms with van der Waals surface area (Å²) in [5.41, 5.74) is 2.39. The molecule has 0 aliphatic carbocycles. The van der Waals surface area contributed by atoms with E-state index in [1.807, 2.05) is 41.5 Å². The Balaban J connectivity index is 2.41. The number of aromatic nitrogens is 2. The molecule has 0 radical (unpaired) electrons. The highest BCUT2D eigenvalue weighted by Crippen LogP contribution is 2.28. The number of esters is 1. The summed E-state index contributed by atoms with van der Waals surface area (Å²) in [5.74, 6) is 0.311. The van der Waals surface area contributed by atoms with Crippen molar-refractivity contribution >= 4 is 17.5 Å². The van der Waals surface area contributed by atoms with Crippen molar-refractivity contribution in [3.63, 3.8) is 0 Å². The Morgan fingerprint density at radius 2 is 1.82 bits per heavy atom. The molecule has 0 N–H and O–H groups in total. The van der Waals surface area contributed by atoms with Gasteiger partial charge in [-0.2, -0.15) is 5.10 Å². The number of nitrogens with zero attached hydrogens (tertiary/aromatic N) is 4. The van der Waals surface area contributed by atoms with E-state index in [9.17, 15) is 4.79 Å². The number of ether oxygens (including phenoxy) is 1. The summed E-state index contributed by atoms with van der Waals surface area (Å²) in [6.45, 7) is 11.2. The first kappa shape index (κ1) is 16.1. The fraction of sp³-hybridized carbons (Fsp3) is 0.500. The first-order valence-electron chi connectivity index (χ1n) is 7.24. The number of hydrazone groups is 1. The van der Waals surface area contributed by atoms with E-state index >= 15 is 0 Å². The van der Waals surface area contributed by atoms with Gasteiger partial charge in [-0.15, -0.1) is 0 Å². The summed E-state index contributed by atoms with van der Waals surface area (Å²) in [7, 11) is 0. The molecule has 2 rings (SSSR count). The van der Waals surface area contributed by atoms with Crippen LogP contribution in [0.5, 0.6) is 0 Å². The molecule has 118 valence electrons. The Labute approximate surface area is 130 Å². The van der Waals surface area contributed by atoms with Gasteiger partial charge >= 0.3 is 5.97 Å². The lowest BCUT2D eigenvalue weighted by Gasteiger charge is -2.28. The number of carbonyl (C=O) groups excluding carboxylic acids is 1. The number of hydrogen-bond acceptors (Lipinski definition) is 6. The quantitative estimate of drug-likeness (QED) is 0.786. The third kappa shape index (κ3) is 3.50. The van der Waals surface area contributed by atoms with Crippen LogP contribution in [0.15, 0.2) is 28.8 Å². The van der Waals surface area contributed by atoms with Crippen LogP contribution in [0.25, 0.3) is 0 Å². The number of anilines is 1. The predicted molar refractivity (Wildman–Crippen MR) is 85.5 cm³/mol. The van der Waals surface area contributed by atoms with Crippen molar-refractivity contribution < 1.29 is 9.53 Å². The molecule has 0 saturated carbocycles. The first-order chi connectivity index (χ1) is 10.2. The van der Waals surface area contributed by atoms with Crippen LogP contribution in [-0.4, -0.2) is 27.2 Å². The van der Waals surface area contributed by atoms with Crippen molar-refractivity contribution in [1.29, 1.82) is 0 Å². The standard InChI is InChI=1S/C16H22N4O2/c1-10-9-13(15(21)22-16(4,5)6)12(3)20(19-10)14-11(2)17-7-8-18-14/h7-8H,9H2,1-6H3. The van der Waals surface area contributed by atoms with E-state index in [1.54, 1.807) is 17.4 Å². The average molecular weight is 302 g/mol. The van der Waals surface area contributed by atoms with Gasteiger partial charge in [0.1, 0.15) is 5.60 Å². The molecule has 1 aromatic rings. The molecule has 1 aromatic heterocycles. The summed E-state index contributed by atoms with van der Waals surface area (Å²) < 4.78 is 5.50. The maximum Gasteiger partial charge on any atom is 0.336 e. The lowest BCUT2D eigenvalue weighted by atomic mass is 10.1. The van der Waals surface area contributed by atoms with Crippen molar-refractivity contribution in [3.8, 4) is 0 Å². The van der Waals surface area contributed by atoms with Gasteiger partial charge in [-0.05, 0) is 41.5 Å². The maximum atomic E-state index is 12.4. The van der Waals surface area contributed by atoms with Gasteiger partial charge in [0.2, 0.25) is 0 Å². The van der Waals surface area contributed by atoms with Gasteiger partial charge < -0.3 is 4.74 Å². The second-order valence-corrected chi connectivity index (χ2v) is 6.36. The third-order valence-electron chi connectivity index (χ3n) is 3.16. The summed E-state index contributed by atoms with van der Waals surface area (Å²) in [5, 5.41) is 6.17. The molecule has 0 fully saturated rings. The zero-order chi connectivity index (χ0) is 16.5. The Morgan fingerprint density at radius 1 is 1.18 bits per heavy atom. The fourth-order valence-corrected chi connectivity index (χ4v) is 2.17. The molecule has 0 aromatic carbocycles. The molecule has 0 atom stereocenters. The van der Waals surface area contributed by atoms with E-state index in [2.05, 4.69) is 15.1 Å². The first-order valence-corrected chi connectivity index (χ1v) is 7.24. The van der Waals surface area contributed by atoms with Crippen LogP contribution < -0.4 is 5.01 Å². The van der Waals surface area contributed by atoms with Crippen molar-refractivity contribution in [3.05, 3.63) is 29.4 Å². The van der Waals surface area contributed by atoms with Gasteiger partial charge in [0.25, 0.3) is 0 Å². The summed E-state index contributed by atoms with van der Waals surface area (Å²) in [6, 6.07) is 0.